The number of nitrogens with zero attached hydrogens (tertiary/aromatic N) is 1. The second kappa shape index (κ2) is 9.46. The molecule has 3 bridgehead atoms. The molecule has 5 unspecified atom stereocenters. The molecule has 5 aromatic rings. The van der Waals surface area contributed by atoms with Crippen molar-refractivity contribution in [2.45, 2.75) is 43.9 Å². The highest BCUT2D eigenvalue weighted by molar-refractivity contribution is 5.97. The fraction of sp³-hybridized carbons (Fsp3) is 0.268. The molecule has 9 rings (SSSR count). The summed E-state index contributed by atoms with van der Waals surface area (Å²) in [6, 6.07) is 47.5. The Morgan fingerprint density at radius 2 is 1.21 bits per heavy atom. The average Bonchev–Trinajstić information content (AvgIpc) is 3.34. The van der Waals surface area contributed by atoms with Crippen molar-refractivity contribution in [3.63, 3.8) is 0 Å². The number of anilines is 3. The smallest absolute Gasteiger partial charge is 0.0543 e. The lowest BCUT2D eigenvalue weighted by atomic mass is 9.47. The van der Waals surface area contributed by atoms with Crippen molar-refractivity contribution in [3.8, 4) is 22.3 Å². The van der Waals surface area contributed by atoms with Crippen LogP contribution in [0.4, 0.5) is 17.1 Å². The minimum Gasteiger partial charge on any atom is -0.309 e. The van der Waals surface area contributed by atoms with Gasteiger partial charge in [-0.05, 0) is 102 Å². The highest BCUT2D eigenvalue weighted by Crippen LogP contribution is 2.67. The quantitative estimate of drug-likeness (QED) is 0.218. The Hall–Kier alpha value is -4.10. The van der Waals surface area contributed by atoms with E-state index in [0.29, 0.717) is 0 Å². The van der Waals surface area contributed by atoms with E-state index in [0.717, 1.165) is 23.7 Å². The highest BCUT2D eigenvalue weighted by atomic mass is 15.1. The van der Waals surface area contributed by atoms with Gasteiger partial charge in [-0.2, -0.15) is 0 Å². The topological polar surface area (TPSA) is 3.24 Å². The number of hydrogen-bond donors (Lipinski definition) is 0. The molecule has 0 radical (unpaired) electrons. The van der Waals surface area contributed by atoms with Crippen LogP contribution in [0.5, 0.6) is 0 Å². The maximum atomic E-state index is 2.54. The number of rotatable bonds is 4. The standard InChI is InChI=1S/C41H37N/c1-3-12-29(13-4-1)34-16-8-10-20-38(34)42(33-14-5-2-6-15-33)39-21-11-19-37-40(39)35-17-7-9-18-36(35)41(37)27-30-23-22-28-24-31(30)26-32(41)25-28/h1-21,28,30-32H,22-27H2. The number of para-hydroxylation sites is 2. The van der Waals surface area contributed by atoms with Crippen LogP contribution < -0.4 is 4.90 Å². The first-order chi connectivity index (χ1) is 20.8. The van der Waals surface area contributed by atoms with Gasteiger partial charge in [0.25, 0.3) is 0 Å². The predicted octanol–water partition coefficient (Wildman–Crippen LogP) is 10.9. The van der Waals surface area contributed by atoms with E-state index in [4.69, 9.17) is 0 Å². The molecule has 3 saturated carbocycles. The summed E-state index contributed by atoms with van der Waals surface area (Å²) >= 11 is 0. The summed E-state index contributed by atoms with van der Waals surface area (Å²) in [7, 11) is 0. The molecule has 1 heteroatoms. The van der Waals surface area contributed by atoms with E-state index >= 15 is 0 Å². The molecule has 0 aliphatic heterocycles. The SMILES string of the molecule is c1ccc(-c2ccccc2N(c2ccccc2)c2cccc3c2-c2ccccc2C32CC3CCC4CC3CC2C4)cc1. The van der Waals surface area contributed by atoms with Crippen molar-refractivity contribution in [1.82, 2.24) is 0 Å². The second-order valence-electron chi connectivity index (χ2n) is 13.3. The maximum absolute atomic E-state index is 2.54. The fourth-order valence-electron chi connectivity index (χ4n) is 9.83. The first kappa shape index (κ1) is 24.5. The minimum absolute atomic E-state index is 0.142. The summed E-state index contributed by atoms with van der Waals surface area (Å²) in [5.41, 5.74) is 12.5. The largest absolute Gasteiger partial charge is 0.309 e. The van der Waals surface area contributed by atoms with Crippen molar-refractivity contribution >= 4 is 17.1 Å². The molecular weight excluding hydrogens is 506 g/mol. The van der Waals surface area contributed by atoms with Gasteiger partial charge in [-0.25, -0.2) is 0 Å². The summed E-state index contributed by atoms with van der Waals surface area (Å²) in [4.78, 5) is 2.54. The Morgan fingerprint density at radius 1 is 0.524 bits per heavy atom. The van der Waals surface area contributed by atoms with Crippen molar-refractivity contribution < 1.29 is 0 Å². The van der Waals surface area contributed by atoms with E-state index in [1.54, 1.807) is 11.1 Å². The van der Waals surface area contributed by atoms with E-state index < -0.39 is 0 Å². The molecule has 5 atom stereocenters. The molecule has 0 aromatic heterocycles. The van der Waals surface area contributed by atoms with E-state index in [1.165, 1.54) is 77.8 Å². The van der Waals surface area contributed by atoms with E-state index in [1.807, 2.05) is 0 Å². The van der Waals surface area contributed by atoms with Crippen LogP contribution in [0.1, 0.15) is 49.7 Å². The van der Waals surface area contributed by atoms with Gasteiger partial charge in [0.1, 0.15) is 0 Å². The summed E-state index contributed by atoms with van der Waals surface area (Å²) in [6.07, 6.45) is 8.53. The van der Waals surface area contributed by atoms with Crippen LogP contribution >= 0.6 is 0 Å². The predicted molar refractivity (Wildman–Crippen MR) is 174 cm³/mol. The van der Waals surface area contributed by atoms with Gasteiger partial charge in [0.2, 0.25) is 0 Å². The zero-order chi connectivity index (χ0) is 27.7. The zero-order valence-electron chi connectivity index (χ0n) is 24.1. The third-order valence-corrected chi connectivity index (χ3v) is 11.4. The first-order valence-electron chi connectivity index (χ1n) is 16.0. The van der Waals surface area contributed by atoms with Gasteiger partial charge < -0.3 is 4.90 Å². The van der Waals surface area contributed by atoms with Gasteiger partial charge in [0.15, 0.2) is 0 Å². The van der Waals surface area contributed by atoms with Crippen LogP contribution in [0.15, 0.2) is 127 Å². The first-order valence-corrected chi connectivity index (χ1v) is 16.0. The Balaban J connectivity index is 1.31. The molecule has 0 heterocycles. The lowest BCUT2D eigenvalue weighted by molar-refractivity contribution is -0.0103. The Labute approximate surface area is 249 Å². The van der Waals surface area contributed by atoms with Crippen LogP contribution in [0.2, 0.25) is 0 Å². The highest BCUT2D eigenvalue weighted by Gasteiger charge is 2.57. The monoisotopic (exact) mass is 543 g/mol. The van der Waals surface area contributed by atoms with Gasteiger partial charge in [-0.15, -0.1) is 0 Å². The third-order valence-electron chi connectivity index (χ3n) is 11.4. The molecule has 0 N–H and O–H groups in total. The van der Waals surface area contributed by atoms with Gasteiger partial charge in [0.05, 0.1) is 11.4 Å². The molecule has 0 saturated heterocycles. The van der Waals surface area contributed by atoms with Gasteiger partial charge >= 0.3 is 0 Å². The molecule has 4 aliphatic carbocycles. The van der Waals surface area contributed by atoms with E-state index in [2.05, 4.69) is 132 Å². The van der Waals surface area contributed by atoms with Gasteiger partial charge in [-0.3, -0.25) is 0 Å². The molecule has 3 fully saturated rings. The Kier molecular flexibility index (Phi) is 5.52. The molecular formula is C41H37N. The van der Waals surface area contributed by atoms with Crippen molar-refractivity contribution in [2.75, 3.05) is 4.90 Å². The van der Waals surface area contributed by atoms with Crippen LogP contribution in [0.3, 0.4) is 0 Å². The number of fused-ring (bicyclic) bond motifs is 8. The lowest BCUT2D eigenvalue weighted by Gasteiger charge is -2.57. The molecule has 1 nitrogen and oxygen atoms in total. The zero-order valence-corrected chi connectivity index (χ0v) is 24.1. The molecule has 1 spiro atoms. The summed E-state index contributed by atoms with van der Waals surface area (Å²) in [5.74, 6) is 3.49. The van der Waals surface area contributed by atoms with Crippen LogP contribution in [0.25, 0.3) is 22.3 Å². The van der Waals surface area contributed by atoms with Crippen molar-refractivity contribution in [3.05, 3.63) is 139 Å². The normalized spacial score (nSPS) is 26.6. The van der Waals surface area contributed by atoms with Crippen LogP contribution in [-0.4, -0.2) is 0 Å². The summed E-state index contributed by atoms with van der Waals surface area (Å²) in [6.45, 7) is 0. The maximum Gasteiger partial charge on any atom is 0.0543 e. The number of hydrogen-bond acceptors (Lipinski definition) is 1. The van der Waals surface area contributed by atoms with Crippen LogP contribution in [0, 0.1) is 23.7 Å². The van der Waals surface area contributed by atoms with Crippen molar-refractivity contribution in [2.24, 2.45) is 23.7 Å². The third kappa shape index (κ3) is 3.49. The minimum atomic E-state index is 0.142. The molecule has 5 aromatic carbocycles. The van der Waals surface area contributed by atoms with Gasteiger partial charge in [0, 0.05) is 22.2 Å². The van der Waals surface area contributed by atoms with Crippen LogP contribution in [-0.2, 0) is 5.41 Å². The molecule has 4 aliphatic rings. The average molecular weight is 544 g/mol. The summed E-state index contributed by atoms with van der Waals surface area (Å²) in [5, 5.41) is 0. The molecule has 0 amide bonds. The van der Waals surface area contributed by atoms with E-state index in [-0.39, 0.29) is 5.41 Å². The molecule has 206 valence electrons. The Bertz CT molecular complexity index is 1770. The van der Waals surface area contributed by atoms with Gasteiger partial charge in [-0.1, -0.05) is 110 Å². The lowest BCUT2D eigenvalue weighted by Crippen LogP contribution is -2.50. The molecule has 42 heavy (non-hydrogen) atoms. The van der Waals surface area contributed by atoms with Crippen molar-refractivity contribution in [1.29, 1.82) is 0 Å². The fourth-order valence-corrected chi connectivity index (χ4v) is 9.83. The number of benzene rings is 5. The summed E-state index contributed by atoms with van der Waals surface area (Å²) < 4.78 is 0. The Morgan fingerprint density at radius 3 is 2.07 bits per heavy atom. The second-order valence-corrected chi connectivity index (χ2v) is 13.3. The van der Waals surface area contributed by atoms with E-state index in [9.17, 15) is 0 Å².